The SMILES string of the molecule is CCN(Cc1ccncc1)C(=O)N[C@H](CC(=O)OC(C)C)c1ccccc1Cl. The molecule has 0 fully saturated rings. The molecule has 150 valence electrons. The lowest BCUT2D eigenvalue weighted by Crippen LogP contribution is -2.42. The van der Waals surface area contributed by atoms with Crippen molar-refractivity contribution in [3.63, 3.8) is 0 Å². The zero-order valence-electron chi connectivity index (χ0n) is 16.4. The van der Waals surface area contributed by atoms with E-state index in [0.29, 0.717) is 23.7 Å². The van der Waals surface area contributed by atoms with Gasteiger partial charge < -0.3 is 15.0 Å². The number of esters is 1. The molecule has 28 heavy (non-hydrogen) atoms. The summed E-state index contributed by atoms with van der Waals surface area (Å²) in [4.78, 5) is 30.8. The summed E-state index contributed by atoms with van der Waals surface area (Å²) in [5.74, 6) is -0.391. The molecule has 1 aromatic carbocycles. The number of nitrogens with one attached hydrogen (secondary N) is 1. The summed E-state index contributed by atoms with van der Waals surface area (Å²) >= 11 is 6.31. The molecule has 1 atom stereocenters. The van der Waals surface area contributed by atoms with Gasteiger partial charge in [0.25, 0.3) is 0 Å². The summed E-state index contributed by atoms with van der Waals surface area (Å²) in [6.07, 6.45) is 3.15. The third kappa shape index (κ3) is 6.53. The number of nitrogens with zero attached hydrogens (tertiary/aromatic N) is 2. The number of rotatable bonds is 8. The third-order valence-electron chi connectivity index (χ3n) is 4.11. The molecule has 0 saturated carbocycles. The molecule has 0 aliphatic rings. The highest BCUT2D eigenvalue weighted by molar-refractivity contribution is 6.31. The quantitative estimate of drug-likeness (QED) is 0.665. The number of hydrogen-bond acceptors (Lipinski definition) is 4. The van der Waals surface area contributed by atoms with Gasteiger partial charge in [-0.25, -0.2) is 4.79 Å². The zero-order valence-corrected chi connectivity index (χ0v) is 17.1. The van der Waals surface area contributed by atoms with Crippen LogP contribution in [0, 0.1) is 0 Å². The third-order valence-corrected chi connectivity index (χ3v) is 4.45. The number of pyridine rings is 1. The lowest BCUT2D eigenvalue weighted by Gasteiger charge is -2.26. The molecule has 0 saturated heterocycles. The Morgan fingerprint density at radius 1 is 1.18 bits per heavy atom. The van der Waals surface area contributed by atoms with Crippen LogP contribution in [0.5, 0.6) is 0 Å². The first kappa shape index (κ1) is 21.7. The van der Waals surface area contributed by atoms with Crippen molar-refractivity contribution in [2.24, 2.45) is 0 Å². The maximum Gasteiger partial charge on any atom is 0.318 e. The van der Waals surface area contributed by atoms with Gasteiger partial charge in [-0.2, -0.15) is 0 Å². The monoisotopic (exact) mass is 403 g/mol. The summed E-state index contributed by atoms with van der Waals surface area (Å²) < 4.78 is 5.25. The summed E-state index contributed by atoms with van der Waals surface area (Å²) in [5, 5.41) is 3.42. The van der Waals surface area contributed by atoms with Gasteiger partial charge in [0.15, 0.2) is 0 Å². The number of halogens is 1. The molecule has 0 spiro atoms. The number of urea groups is 1. The second-order valence-corrected chi connectivity index (χ2v) is 7.04. The molecule has 2 aromatic rings. The maximum absolute atomic E-state index is 12.9. The highest BCUT2D eigenvalue weighted by Crippen LogP contribution is 2.26. The van der Waals surface area contributed by atoms with Crippen LogP contribution >= 0.6 is 11.6 Å². The summed E-state index contributed by atoms with van der Waals surface area (Å²) in [6.45, 7) is 6.43. The molecule has 0 bridgehead atoms. The van der Waals surface area contributed by atoms with Crippen LogP contribution in [0.25, 0.3) is 0 Å². The fourth-order valence-electron chi connectivity index (χ4n) is 2.75. The first-order chi connectivity index (χ1) is 13.4. The van der Waals surface area contributed by atoms with Gasteiger partial charge in [0.2, 0.25) is 0 Å². The summed E-state index contributed by atoms with van der Waals surface area (Å²) in [7, 11) is 0. The van der Waals surface area contributed by atoms with Crippen molar-refractivity contribution in [2.75, 3.05) is 6.54 Å². The molecule has 7 heteroatoms. The van der Waals surface area contributed by atoms with Crippen LogP contribution in [-0.4, -0.2) is 34.5 Å². The van der Waals surface area contributed by atoms with Crippen molar-refractivity contribution in [1.29, 1.82) is 0 Å². The van der Waals surface area contributed by atoms with Gasteiger partial charge in [-0.3, -0.25) is 9.78 Å². The van der Waals surface area contributed by atoms with Gasteiger partial charge in [0.05, 0.1) is 18.6 Å². The molecular formula is C21H26ClN3O3. The van der Waals surface area contributed by atoms with E-state index in [0.717, 1.165) is 5.56 Å². The largest absolute Gasteiger partial charge is 0.463 e. The Kier molecular flexibility index (Phi) is 8.26. The van der Waals surface area contributed by atoms with Crippen molar-refractivity contribution >= 4 is 23.6 Å². The molecule has 1 N–H and O–H groups in total. The molecule has 0 unspecified atom stereocenters. The number of carbonyl (C=O) groups is 2. The Morgan fingerprint density at radius 3 is 2.46 bits per heavy atom. The standard InChI is InChI=1S/C21H26ClN3O3/c1-4-25(14-16-9-11-23-12-10-16)21(27)24-19(13-20(26)28-15(2)3)17-7-5-6-8-18(17)22/h5-12,15,19H,4,13-14H2,1-3H3,(H,24,27)/t19-/m1/s1. The Balaban J connectivity index is 2.16. The van der Waals surface area contributed by atoms with Crippen LogP contribution < -0.4 is 5.32 Å². The first-order valence-electron chi connectivity index (χ1n) is 9.29. The Hall–Kier alpha value is -2.60. The molecule has 1 heterocycles. The van der Waals surface area contributed by atoms with E-state index in [1.54, 1.807) is 49.3 Å². The second kappa shape index (κ2) is 10.7. The molecule has 2 amide bonds. The van der Waals surface area contributed by atoms with Crippen LogP contribution in [0.2, 0.25) is 5.02 Å². The highest BCUT2D eigenvalue weighted by Gasteiger charge is 2.24. The van der Waals surface area contributed by atoms with Crippen molar-refractivity contribution in [2.45, 2.75) is 45.9 Å². The molecule has 0 radical (unpaired) electrons. The maximum atomic E-state index is 12.9. The number of ether oxygens (including phenoxy) is 1. The van der Waals surface area contributed by atoms with E-state index in [9.17, 15) is 9.59 Å². The van der Waals surface area contributed by atoms with Gasteiger partial charge >= 0.3 is 12.0 Å². The summed E-state index contributed by atoms with van der Waals surface area (Å²) in [5.41, 5.74) is 1.65. The number of benzene rings is 1. The molecule has 6 nitrogen and oxygen atoms in total. The van der Waals surface area contributed by atoms with Crippen molar-refractivity contribution in [3.8, 4) is 0 Å². The fourth-order valence-corrected chi connectivity index (χ4v) is 3.02. The van der Waals surface area contributed by atoms with E-state index in [1.165, 1.54) is 0 Å². The molecule has 1 aromatic heterocycles. The average molecular weight is 404 g/mol. The number of aromatic nitrogens is 1. The minimum atomic E-state index is -0.584. The van der Waals surface area contributed by atoms with Crippen LogP contribution in [0.4, 0.5) is 4.79 Å². The molecule has 2 rings (SSSR count). The van der Waals surface area contributed by atoms with E-state index in [-0.39, 0.29) is 18.6 Å². The number of amides is 2. The Morgan fingerprint density at radius 2 is 1.86 bits per heavy atom. The van der Waals surface area contributed by atoms with Gasteiger partial charge in [-0.1, -0.05) is 29.8 Å². The predicted molar refractivity (Wildman–Crippen MR) is 109 cm³/mol. The predicted octanol–water partition coefficient (Wildman–Crippen LogP) is 4.35. The lowest BCUT2D eigenvalue weighted by atomic mass is 10.0. The van der Waals surface area contributed by atoms with Crippen molar-refractivity contribution < 1.29 is 14.3 Å². The first-order valence-corrected chi connectivity index (χ1v) is 9.66. The smallest absolute Gasteiger partial charge is 0.318 e. The fraction of sp³-hybridized carbons (Fsp3) is 0.381. The topological polar surface area (TPSA) is 71.5 Å². The van der Waals surface area contributed by atoms with Crippen LogP contribution in [-0.2, 0) is 16.1 Å². The highest BCUT2D eigenvalue weighted by atomic mass is 35.5. The Bertz CT molecular complexity index is 783. The minimum Gasteiger partial charge on any atom is -0.463 e. The van der Waals surface area contributed by atoms with E-state index < -0.39 is 12.0 Å². The van der Waals surface area contributed by atoms with Gasteiger partial charge in [0, 0.05) is 30.5 Å². The molecule has 0 aliphatic heterocycles. The summed E-state index contributed by atoms with van der Waals surface area (Å²) in [6, 6.07) is 10.0. The van der Waals surface area contributed by atoms with E-state index in [2.05, 4.69) is 10.3 Å². The van der Waals surface area contributed by atoms with Gasteiger partial charge in [-0.15, -0.1) is 0 Å². The van der Waals surface area contributed by atoms with E-state index in [1.807, 2.05) is 25.1 Å². The van der Waals surface area contributed by atoms with Crippen molar-refractivity contribution in [1.82, 2.24) is 15.2 Å². The molecular weight excluding hydrogens is 378 g/mol. The Labute approximate surface area is 170 Å². The van der Waals surface area contributed by atoms with Crippen LogP contribution in [0.15, 0.2) is 48.8 Å². The second-order valence-electron chi connectivity index (χ2n) is 6.64. The number of carbonyl (C=O) groups excluding carboxylic acids is 2. The van der Waals surface area contributed by atoms with E-state index >= 15 is 0 Å². The average Bonchev–Trinajstić information content (AvgIpc) is 2.66. The lowest BCUT2D eigenvalue weighted by molar-refractivity contribution is -0.147. The molecule has 0 aliphatic carbocycles. The zero-order chi connectivity index (χ0) is 20.5. The van der Waals surface area contributed by atoms with Crippen molar-refractivity contribution in [3.05, 3.63) is 64.9 Å². The normalized spacial score (nSPS) is 11.8. The van der Waals surface area contributed by atoms with Gasteiger partial charge in [-0.05, 0) is 50.1 Å². The number of hydrogen-bond donors (Lipinski definition) is 1. The van der Waals surface area contributed by atoms with Gasteiger partial charge in [0.1, 0.15) is 0 Å². The van der Waals surface area contributed by atoms with E-state index in [4.69, 9.17) is 16.3 Å². The minimum absolute atomic E-state index is 0.000461. The van der Waals surface area contributed by atoms with Crippen LogP contribution in [0.3, 0.4) is 0 Å². The van der Waals surface area contributed by atoms with Crippen LogP contribution in [0.1, 0.15) is 44.4 Å².